The molecule has 4 rings (SSSR count). The number of hydrogen-bond acceptors (Lipinski definition) is 5. The fraction of sp³-hybridized carbons (Fsp3) is 0.400. The van der Waals surface area contributed by atoms with E-state index in [0.29, 0.717) is 12.0 Å². The number of aliphatic hydroxyl groups excluding tert-OH is 1. The standard InChI is InChI=1S/C15H15N3O4S/c1-6(19)12-9-3-8(13(15(21)22)18(9)14(12)20)10-5-17-7(2)16-4-11(17)23-10/h4-6,9,12,19H,3H2,1-2H3,(H,21,22)/t6-,9-,12-/m1/s1. The molecule has 8 heteroatoms. The van der Waals surface area contributed by atoms with Gasteiger partial charge in [-0.3, -0.25) is 9.20 Å². The topological polar surface area (TPSA) is 95.1 Å². The smallest absolute Gasteiger partial charge is 0.352 e. The van der Waals surface area contributed by atoms with Gasteiger partial charge in [-0.2, -0.15) is 0 Å². The summed E-state index contributed by atoms with van der Waals surface area (Å²) in [6, 6.07) is -0.260. The van der Waals surface area contributed by atoms with Crippen LogP contribution in [0.1, 0.15) is 24.0 Å². The number of hydrogen-bond donors (Lipinski definition) is 2. The summed E-state index contributed by atoms with van der Waals surface area (Å²) in [5.41, 5.74) is 0.708. The monoisotopic (exact) mass is 333 g/mol. The van der Waals surface area contributed by atoms with E-state index < -0.39 is 18.0 Å². The van der Waals surface area contributed by atoms with Gasteiger partial charge < -0.3 is 15.1 Å². The average molecular weight is 333 g/mol. The number of aliphatic carboxylic acids is 1. The number of carboxylic acid groups (broad SMARTS) is 1. The van der Waals surface area contributed by atoms with Crippen LogP contribution in [0.15, 0.2) is 18.1 Å². The van der Waals surface area contributed by atoms with Crippen molar-refractivity contribution >= 4 is 33.6 Å². The van der Waals surface area contributed by atoms with Crippen LogP contribution < -0.4 is 0 Å². The Morgan fingerprint density at radius 2 is 2.26 bits per heavy atom. The van der Waals surface area contributed by atoms with Crippen molar-refractivity contribution < 1.29 is 19.8 Å². The van der Waals surface area contributed by atoms with Gasteiger partial charge in [0.1, 0.15) is 16.4 Å². The molecule has 120 valence electrons. The van der Waals surface area contributed by atoms with Gasteiger partial charge in [-0.05, 0) is 20.3 Å². The van der Waals surface area contributed by atoms with Crippen LogP contribution in [0.2, 0.25) is 0 Å². The zero-order chi connectivity index (χ0) is 16.5. The number of thiazole rings is 1. The van der Waals surface area contributed by atoms with E-state index in [2.05, 4.69) is 4.98 Å². The number of aliphatic hydroxyl groups is 1. The van der Waals surface area contributed by atoms with Crippen molar-refractivity contribution in [3.8, 4) is 0 Å². The molecule has 2 aromatic rings. The van der Waals surface area contributed by atoms with Crippen molar-refractivity contribution in [2.24, 2.45) is 5.92 Å². The maximum atomic E-state index is 12.2. The molecular formula is C15H15N3O4S. The SMILES string of the molecule is Cc1ncc2sc(C3=C(C(=O)O)N4C(=O)[C@H]([C@@H](C)O)[C@H]4C3)cn12. The molecule has 2 aliphatic rings. The molecule has 0 unspecified atom stereocenters. The van der Waals surface area contributed by atoms with Gasteiger partial charge in [0.25, 0.3) is 0 Å². The molecule has 1 saturated heterocycles. The minimum absolute atomic E-state index is 0.0482. The minimum atomic E-state index is -1.10. The van der Waals surface area contributed by atoms with Crippen LogP contribution in [0.5, 0.6) is 0 Å². The molecule has 7 nitrogen and oxygen atoms in total. The highest BCUT2D eigenvalue weighted by Gasteiger charge is 2.56. The normalized spacial score (nSPS) is 25.0. The van der Waals surface area contributed by atoms with E-state index in [1.807, 2.05) is 17.5 Å². The van der Waals surface area contributed by atoms with Crippen LogP contribution in [-0.2, 0) is 9.59 Å². The summed E-state index contributed by atoms with van der Waals surface area (Å²) < 4.78 is 1.91. The van der Waals surface area contributed by atoms with Gasteiger partial charge in [-0.25, -0.2) is 9.78 Å². The molecular weight excluding hydrogens is 318 g/mol. The fourth-order valence-electron chi connectivity index (χ4n) is 3.55. The van der Waals surface area contributed by atoms with E-state index >= 15 is 0 Å². The number of aryl methyl sites for hydroxylation is 1. The highest BCUT2D eigenvalue weighted by molar-refractivity contribution is 7.18. The summed E-state index contributed by atoms with van der Waals surface area (Å²) in [5, 5.41) is 19.3. The number of carbonyl (C=O) groups excluding carboxylic acids is 1. The third-order valence-corrected chi connectivity index (χ3v) is 5.72. The van der Waals surface area contributed by atoms with E-state index in [1.165, 1.54) is 16.2 Å². The van der Waals surface area contributed by atoms with E-state index in [9.17, 15) is 19.8 Å². The predicted octanol–water partition coefficient (Wildman–Crippen LogP) is 1.11. The van der Waals surface area contributed by atoms with Gasteiger partial charge in [0.05, 0.1) is 29.1 Å². The highest BCUT2D eigenvalue weighted by Crippen LogP contribution is 2.48. The maximum Gasteiger partial charge on any atom is 0.352 e. The lowest BCUT2D eigenvalue weighted by Crippen LogP contribution is -2.61. The van der Waals surface area contributed by atoms with Gasteiger partial charge in [0.15, 0.2) is 0 Å². The van der Waals surface area contributed by atoms with Gasteiger partial charge in [0.2, 0.25) is 5.91 Å². The summed E-state index contributed by atoms with van der Waals surface area (Å²) >= 11 is 1.46. The number of imidazole rings is 1. The molecule has 0 saturated carbocycles. The minimum Gasteiger partial charge on any atom is -0.477 e. The van der Waals surface area contributed by atoms with Gasteiger partial charge in [-0.15, -0.1) is 11.3 Å². The molecule has 2 N–H and O–H groups in total. The maximum absolute atomic E-state index is 12.2. The van der Waals surface area contributed by atoms with Crippen molar-refractivity contribution in [2.75, 3.05) is 0 Å². The zero-order valence-electron chi connectivity index (χ0n) is 12.6. The lowest BCUT2D eigenvalue weighted by atomic mass is 9.83. The van der Waals surface area contributed by atoms with Crippen LogP contribution in [-0.4, -0.2) is 48.5 Å². The first-order valence-electron chi connectivity index (χ1n) is 7.31. The summed E-state index contributed by atoms with van der Waals surface area (Å²) in [5.74, 6) is -1.10. The average Bonchev–Trinajstić information content (AvgIpc) is 3.10. The largest absolute Gasteiger partial charge is 0.477 e. The zero-order valence-corrected chi connectivity index (χ0v) is 13.4. The molecule has 0 spiro atoms. The Labute approximate surface area is 135 Å². The molecule has 2 aromatic heterocycles. The Balaban J connectivity index is 1.80. The van der Waals surface area contributed by atoms with Crippen LogP contribution in [0.25, 0.3) is 10.4 Å². The van der Waals surface area contributed by atoms with Crippen LogP contribution in [0, 0.1) is 12.8 Å². The molecule has 2 aliphatic heterocycles. The number of carbonyl (C=O) groups is 2. The number of nitrogens with zero attached hydrogens (tertiary/aromatic N) is 3. The van der Waals surface area contributed by atoms with Gasteiger partial charge >= 0.3 is 5.97 Å². The molecule has 1 amide bonds. The van der Waals surface area contributed by atoms with E-state index in [-0.39, 0.29) is 17.6 Å². The predicted molar refractivity (Wildman–Crippen MR) is 82.8 cm³/mol. The second kappa shape index (κ2) is 4.65. The second-order valence-corrected chi connectivity index (χ2v) is 7.05. The molecule has 0 aliphatic carbocycles. The van der Waals surface area contributed by atoms with E-state index in [4.69, 9.17) is 0 Å². The molecule has 3 atom stereocenters. The first-order valence-corrected chi connectivity index (χ1v) is 8.13. The molecule has 0 bridgehead atoms. The first-order chi connectivity index (χ1) is 10.9. The van der Waals surface area contributed by atoms with E-state index in [0.717, 1.165) is 15.5 Å². The Morgan fingerprint density at radius 1 is 1.52 bits per heavy atom. The van der Waals surface area contributed by atoms with Crippen molar-refractivity contribution in [1.82, 2.24) is 14.3 Å². The third kappa shape index (κ3) is 1.82. The molecule has 0 radical (unpaired) electrons. The Bertz CT molecular complexity index is 879. The van der Waals surface area contributed by atoms with Crippen LogP contribution in [0.3, 0.4) is 0 Å². The quantitative estimate of drug-likeness (QED) is 0.821. The number of fused-ring (bicyclic) bond motifs is 2. The number of carboxylic acids is 1. The number of amides is 1. The van der Waals surface area contributed by atoms with E-state index in [1.54, 1.807) is 13.1 Å². The fourth-order valence-corrected chi connectivity index (χ4v) is 4.63. The third-order valence-electron chi connectivity index (χ3n) is 4.64. The highest BCUT2D eigenvalue weighted by atomic mass is 32.1. The van der Waals surface area contributed by atoms with Gasteiger partial charge in [0, 0.05) is 11.8 Å². The number of aromatic nitrogens is 2. The lowest BCUT2D eigenvalue weighted by molar-refractivity contribution is -0.161. The molecule has 23 heavy (non-hydrogen) atoms. The summed E-state index contributed by atoms with van der Waals surface area (Å²) in [6.45, 7) is 3.45. The first kappa shape index (κ1) is 14.4. The number of rotatable bonds is 3. The second-order valence-electron chi connectivity index (χ2n) is 5.99. The van der Waals surface area contributed by atoms with Crippen molar-refractivity contribution in [2.45, 2.75) is 32.4 Å². The van der Waals surface area contributed by atoms with Crippen LogP contribution >= 0.6 is 11.3 Å². The van der Waals surface area contributed by atoms with Crippen molar-refractivity contribution in [3.63, 3.8) is 0 Å². The Kier molecular flexibility index (Phi) is 2.91. The van der Waals surface area contributed by atoms with Gasteiger partial charge in [-0.1, -0.05) is 0 Å². The lowest BCUT2D eigenvalue weighted by Gasteiger charge is -2.44. The molecule has 1 fully saturated rings. The summed E-state index contributed by atoms with van der Waals surface area (Å²) in [6.07, 6.45) is 3.30. The van der Waals surface area contributed by atoms with Crippen molar-refractivity contribution in [1.29, 1.82) is 0 Å². The molecule has 0 aromatic carbocycles. The Morgan fingerprint density at radius 3 is 2.87 bits per heavy atom. The van der Waals surface area contributed by atoms with Crippen LogP contribution in [0.4, 0.5) is 0 Å². The summed E-state index contributed by atoms with van der Waals surface area (Å²) in [7, 11) is 0. The number of β-lactam (4-membered cyclic amide) rings is 1. The summed E-state index contributed by atoms with van der Waals surface area (Å²) in [4.78, 5) is 31.2. The van der Waals surface area contributed by atoms with Crippen molar-refractivity contribution in [3.05, 3.63) is 28.8 Å². The Hall–Kier alpha value is -2.19. The molecule has 4 heterocycles.